The van der Waals surface area contributed by atoms with Crippen LogP contribution in [0, 0.1) is 5.82 Å². The van der Waals surface area contributed by atoms with Gasteiger partial charge in [-0.05, 0) is 59.9 Å². The molecule has 9 nitrogen and oxygen atoms in total. The Morgan fingerprint density at radius 1 is 1.09 bits per heavy atom. The topological polar surface area (TPSA) is 109 Å². The number of nitrogens with zero attached hydrogens (tertiary/aromatic N) is 3. The Kier molecular flexibility index (Phi) is 8.38. The molecule has 0 saturated carbocycles. The highest BCUT2D eigenvalue weighted by Crippen LogP contribution is 2.39. The molecule has 1 fully saturated rings. The number of methoxy groups -OCH3 is 1. The van der Waals surface area contributed by atoms with Gasteiger partial charge in [-0.2, -0.15) is 0 Å². The zero-order valence-electron chi connectivity index (χ0n) is 24.0. The fourth-order valence-electron chi connectivity index (χ4n) is 6.31. The maximum absolute atomic E-state index is 14.7. The van der Waals surface area contributed by atoms with Crippen LogP contribution < -0.4 is 4.90 Å². The van der Waals surface area contributed by atoms with E-state index in [0.717, 1.165) is 36.3 Å². The first-order chi connectivity index (χ1) is 21.2. The fourth-order valence-corrected chi connectivity index (χ4v) is 6.49. The summed E-state index contributed by atoms with van der Waals surface area (Å²) in [7, 11) is 1.71. The summed E-state index contributed by atoms with van der Waals surface area (Å²) in [6, 6.07) is 15.6. The number of oxime groups is 1. The molecule has 0 unspecified atom stereocenters. The Morgan fingerprint density at radius 3 is 2.59 bits per heavy atom. The molecule has 0 aliphatic carbocycles. The molecule has 0 aromatic heterocycles. The summed E-state index contributed by atoms with van der Waals surface area (Å²) in [6.07, 6.45) is 0.550. The molecule has 3 aromatic carbocycles. The molecule has 1 amide bonds. The number of rotatable bonds is 8. The van der Waals surface area contributed by atoms with Gasteiger partial charge in [0.15, 0.2) is 11.6 Å². The number of hydrogen-bond donors (Lipinski definition) is 1. The van der Waals surface area contributed by atoms with Crippen molar-refractivity contribution in [1.82, 2.24) is 4.90 Å². The highest BCUT2D eigenvalue weighted by Gasteiger charge is 2.42. The molecule has 11 heteroatoms. The molecular formula is C33H31ClFN3O6. The van der Waals surface area contributed by atoms with Gasteiger partial charge in [0.2, 0.25) is 6.10 Å². The average Bonchev–Trinajstić information content (AvgIpc) is 3.72. The highest BCUT2D eigenvalue weighted by atomic mass is 35.5. The van der Waals surface area contributed by atoms with E-state index in [-0.39, 0.29) is 53.1 Å². The van der Waals surface area contributed by atoms with E-state index in [0.29, 0.717) is 12.0 Å². The number of ketones is 1. The summed E-state index contributed by atoms with van der Waals surface area (Å²) in [5, 5.41) is 13.2. The Morgan fingerprint density at radius 2 is 1.86 bits per heavy atom. The summed E-state index contributed by atoms with van der Waals surface area (Å²) in [5.74, 6) is -2.32. The van der Waals surface area contributed by atoms with Crippen LogP contribution in [0.2, 0.25) is 5.02 Å². The van der Waals surface area contributed by atoms with Crippen LogP contribution in [-0.4, -0.2) is 72.3 Å². The summed E-state index contributed by atoms with van der Waals surface area (Å²) >= 11 is 5.96. The van der Waals surface area contributed by atoms with Crippen LogP contribution in [0.4, 0.5) is 10.1 Å². The first-order valence-electron chi connectivity index (χ1n) is 14.5. The number of ether oxygens (including phenoxy) is 1. The largest absolute Gasteiger partial charge is 0.478 e. The highest BCUT2D eigenvalue weighted by molar-refractivity contribution is 6.31. The molecule has 0 radical (unpaired) electrons. The number of anilines is 1. The van der Waals surface area contributed by atoms with E-state index in [1.165, 1.54) is 24.3 Å². The van der Waals surface area contributed by atoms with Crippen LogP contribution in [0.15, 0.2) is 65.8 Å². The van der Waals surface area contributed by atoms with Gasteiger partial charge >= 0.3 is 5.97 Å². The molecular weight excluding hydrogens is 589 g/mol. The lowest BCUT2D eigenvalue weighted by Crippen LogP contribution is -2.48. The Labute approximate surface area is 258 Å². The number of fused-ring (bicyclic) bond motifs is 1. The van der Waals surface area contributed by atoms with Gasteiger partial charge in [-0.15, -0.1) is 0 Å². The fraction of sp³-hybridized carbons (Fsp3) is 0.333. The molecule has 228 valence electrons. The van der Waals surface area contributed by atoms with Crippen molar-refractivity contribution in [2.45, 2.75) is 43.9 Å². The van der Waals surface area contributed by atoms with Crippen molar-refractivity contribution < 1.29 is 33.5 Å². The number of aromatic carboxylic acids is 1. The van der Waals surface area contributed by atoms with Gasteiger partial charge in [0.25, 0.3) is 5.91 Å². The van der Waals surface area contributed by atoms with Gasteiger partial charge in [-0.25, -0.2) is 9.18 Å². The van der Waals surface area contributed by atoms with Crippen molar-refractivity contribution in [2.24, 2.45) is 5.16 Å². The molecule has 0 bridgehead atoms. The van der Waals surface area contributed by atoms with E-state index < -0.39 is 29.8 Å². The van der Waals surface area contributed by atoms with Crippen molar-refractivity contribution in [3.05, 3.63) is 99.3 Å². The maximum Gasteiger partial charge on any atom is 0.335 e. The van der Waals surface area contributed by atoms with E-state index in [1.54, 1.807) is 30.2 Å². The van der Waals surface area contributed by atoms with Gasteiger partial charge in [0.05, 0.1) is 22.4 Å². The van der Waals surface area contributed by atoms with Crippen LogP contribution >= 0.6 is 11.6 Å². The van der Waals surface area contributed by atoms with Crippen LogP contribution in [-0.2, 0) is 32.0 Å². The minimum Gasteiger partial charge on any atom is -0.478 e. The Hall–Kier alpha value is -4.28. The summed E-state index contributed by atoms with van der Waals surface area (Å²) in [5.41, 5.74) is 3.98. The second kappa shape index (κ2) is 12.4. The number of carbonyl (C=O) groups is 3. The van der Waals surface area contributed by atoms with Crippen LogP contribution in [0.5, 0.6) is 0 Å². The van der Waals surface area contributed by atoms with E-state index in [2.05, 4.69) is 10.1 Å². The molecule has 1 saturated heterocycles. The number of Topliss-reactive ketones (excluding diaryl/α,β-unsaturated/α-hetero) is 1. The number of amides is 1. The van der Waals surface area contributed by atoms with Crippen LogP contribution in [0.1, 0.15) is 51.5 Å². The smallest absolute Gasteiger partial charge is 0.335 e. The first-order valence-corrected chi connectivity index (χ1v) is 14.8. The molecule has 3 atom stereocenters. The Bertz CT molecular complexity index is 1640. The summed E-state index contributed by atoms with van der Waals surface area (Å²) in [4.78, 5) is 48.8. The third-order valence-electron chi connectivity index (χ3n) is 8.59. The van der Waals surface area contributed by atoms with E-state index in [9.17, 15) is 23.9 Å². The van der Waals surface area contributed by atoms with Crippen molar-refractivity contribution in [2.75, 3.05) is 31.6 Å². The number of halogens is 2. The number of hydrogen-bond acceptors (Lipinski definition) is 7. The predicted octanol–water partition coefficient (Wildman–Crippen LogP) is 4.83. The Balaban J connectivity index is 1.30. The lowest BCUT2D eigenvalue weighted by Gasteiger charge is -2.39. The zero-order valence-corrected chi connectivity index (χ0v) is 24.8. The lowest BCUT2D eigenvalue weighted by atomic mass is 9.86. The van der Waals surface area contributed by atoms with Crippen molar-refractivity contribution in [3.63, 3.8) is 0 Å². The molecule has 44 heavy (non-hydrogen) atoms. The standard InChI is InChI=1S/C33H31ClFN3O6/c1-43-21-12-14-37(18-21)27-7-3-4-23-22(27)13-15-38(31(23)28(39)16-19-8-10-20(11-9-19)33(41)42)32(40)29-17-26(36-44-29)24-5-2-6-25(34)30(24)35/h2-11,21,29,31H,12-18H2,1H3,(H,41,42)/t21-,29-,31-/m1/s1. The zero-order chi connectivity index (χ0) is 31.0. The third-order valence-corrected chi connectivity index (χ3v) is 8.88. The first kappa shape index (κ1) is 29.8. The molecule has 6 rings (SSSR count). The minimum atomic E-state index is -1.05. The van der Waals surface area contributed by atoms with Crippen molar-refractivity contribution in [1.29, 1.82) is 0 Å². The number of carboxylic acids is 1. The van der Waals surface area contributed by atoms with Gasteiger partial charge in [0, 0.05) is 50.8 Å². The van der Waals surface area contributed by atoms with Gasteiger partial charge in [0.1, 0.15) is 6.04 Å². The molecule has 1 N–H and O–H groups in total. The van der Waals surface area contributed by atoms with E-state index >= 15 is 0 Å². The van der Waals surface area contributed by atoms with Gasteiger partial charge in [-0.3, -0.25) is 9.59 Å². The molecule has 0 spiro atoms. The van der Waals surface area contributed by atoms with Crippen molar-refractivity contribution >= 4 is 40.7 Å². The normalized spacial score (nSPS) is 21.1. The van der Waals surface area contributed by atoms with Crippen LogP contribution in [0.25, 0.3) is 0 Å². The number of benzene rings is 3. The van der Waals surface area contributed by atoms with Crippen LogP contribution in [0.3, 0.4) is 0 Å². The predicted molar refractivity (Wildman–Crippen MR) is 162 cm³/mol. The summed E-state index contributed by atoms with van der Waals surface area (Å²) < 4.78 is 20.3. The summed E-state index contributed by atoms with van der Waals surface area (Å²) in [6.45, 7) is 1.84. The minimum absolute atomic E-state index is 0.00548. The second-order valence-electron chi connectivity index (χ2n) is 11.2. The molecule has 3 aromatic rings. The third kappa shape index (κ3) is 5.67. The van der Waals surface area contributed by atoms with Gasteiger partial charge in [-0.1, -0.05) is 47.1 Å². The van der Waals surface area contributed by atoms with Crippen molar-refractivity contribution in [3.8, 4) is 0 Å². The second-order valence-corrected chi connectivity index (χ2v) is 11.6. The van der Waals surface area contributed by atoms with E-state index in [1.807, 2.05) is 18.2 Å². The average molecular weight is 620 g/mol. The monoisotopic (exact) mass is 619 g/mol. The quantitative estimate of drug-likeness (QED) is 0.385. The van der Waals surface area contributed by atoms with Gasteiger partial charge < -0.3 is 24.5 Å². The maximum atomic E-state index is 14.7. The molecule has 3 aliphatic heterocycles. The lowest BCUT2D eigenvalue weighted by molar-refractivity contribution is -0.149. The molecule has 3 heterocycles. The number of carboxylic acid groups (broad SMARTS) is 1. The van der Waals surface area contributed by atoms with E-state index in [4.69, 9.17) is 21.2 Å². The SMILES string of the molecule is CO[C@@H]1CCN(c2cccc3c2CCN(C(=O)[C@H]2CC(c4cccc(Cl)c4F)=NO2)[C@H]3C(=O)Cc2ccc(C(=O)O)cc2)C1. The molecule has 3 aliphatic rings. The number of carbonyl (C=O) groups excluding carboxylic acids is 2.